The molecule has 3 aliphatic carbocycles. The molecule has 6 rings (SSSR count). The van der Waals surface area contributed by atoms with E-state index in [2.05, 4.69) is 44.5 Å². The number of aryl methyl sites for hydroxylation is 2. The summed E-state index contributed by atoms with van der Waals surface area (Å²) in [5.74, 6) is 3.53. The van der Waals surface area contributed by atoms with E-state index < -0.39 is 0 Å². The van der Waals surface area contributed by atoms with E-state index in [1.807, 2.05) is 24.9 Å². The van der Waals surface area contributed by atoms with Crippen molar-refractivity contribution >= 4 is 0 Å². The second-order valence-corrected chi connectivity index (χ2v) is 11.0. The fraction of sp³-hybridized carbons (Fsp3) is 0.654. The number of nitrogens with zero attached hydrogens (tertiary/aromatic N) is 5. The molecule has 0 amide bonds. The molecular formula is C26H35N5. The maximum absolute atomic E-state index is 4.55. The van der Waals surface area contributed by atoms with Crippen molar-refractivity contribution in [3.63, 3.8) is 0 Å². The monoisotopic (exact) mass is 417 g/mol. The lowest BCUT2D eigenvalue weighted by Gasteiger charge is -2.53. The average molecular weight is 418 g/mol. The van der Waals surface area contributed by atoms with Crippen LogP contribution in [0.4, 0.5) is 0 Å². The summed E-state index contributed by atoms with van der Waals surface area (Å²) in [5, 5.41) is 13.5. The third kappa shape index (κ3) is 3.75. The first kappa shape index (κ1) is 19.7. The van der Waals surface area contributed by atoms with Gasteiger partial charge < -0.3 is 4.90 Å². The number of fused-ring (bicyclic) bond motifs is 2. The highest BCUT2D eigenvalue weighted by Crippen LogP contribution is 2.54. The highest BCUT2D eigenvalue weighted by atomic mass is 15.3. The number of allylic oxidation sites excluding steroid dienone is 2. The van der Waals surface area contributed by atoms with Gasteiger partial charge in [-0.05, 0) is 106 Å². The largest absolute Gasteiger partial charge is 0.303 e. The Balaban J connectivity index is 0.982. The van der Waals surface area contributed by atoms with E-state index in [0.717, 1.165) is 52.7 Å². The highest BCUT2D eigenvalue weighted by molar-refractivity contribution is 5.60. The van der Waals surface area contributed by atoms with Crippen LogP contribution in [0.5, 0.6) is 0 Å². The quantitative estimate of drug-likeness (QED) is 0.675. The molecule has 5 heteroatoms. The van der Waals surface area contributed by atoms with E-state index in [1.165, 1.54) is 58.2 Å². The van der Waals surface area contributed by atoms with Gasteiger partial charge in [0.2, 0.25) is 0 Å². The third-order valence-corrected chi connectivity index (χ3v) is 8.78. The van der Waals surface area contributed by atoms with Crippen molar-refractivity contribution < 1.29 is 0 Å². The van der Waals surface area contributed by atoms with Crippen LogP contribution in [0, 0.1) is 36.0 Å². The van der Waals surface area contributed by atoms with E-state index >= 15 is 0 Å². The molecule has 31 heavy (non-hydrogen) atoms. The second kappa shape index (κ2) is 7.54. The Hall–Kier alpha value is -2.01. The number of likely N-dealkylation sites (tertiary alicyclic amines) is 1. The number of aromatic nitrogens is 4. The van der Waals surface area contributed by atoms with E-state index in [9.17, 15) is 0 Å². The summed E-state index contributed by atoms with van der Waals surface area (Å²) in [4.78, 5) is 2.78. The van der Waals surface area contributed by atoms with Crippen molar-refractivity contribution in [2.75, 3.05) is 19.6 Å². The van der Waals surface area contributed by atoms with Gasteiger partial charge in [0.05, 0.1) is 17.1 Å². The Morgan fingerprint density at radius 2 is 1.90 bits per heavy atom. The van der Waals surface area contributed by atoms with E-state index in [4.69, 9.17) is 0 Å². The topological polar surface area (TPSA) is 46.8 Å². The molecule has 1 saturated heterocycles. The van der Waals surface area contributed by atoms with Crippen LogP contribution >= 0.6 is 0 Å². The SMILES string of the molecule is Cc1nn(C)cc1-c1ccc(CC2CC3(CCN(CC4CC5C=CC4C5)CC3)C2)nn1. The molecule has 0 radical (unpaired) electrons. The van der Waals surface area contributed by atoms with Gasteiger partial charge in [-0.3, -0.25) is 4.68 Å². The Morgan fingerprint density at radius 3 is 2.52 bits per heavy atom. The van der Waals surface area contributed by atoms with E-state index in [0.29, 0.717) is 5.41 Å². The van der Waals surface area contributed by atoms with Gasteiger partial charge >= 0.3 is 0 Å². The molecule has 164 valence electrons. The van der Waals surface area contributed by atoms with Crippen molar-refractivity contribution in [1.29, 1.82) is 0 Å². The molecule has 2 saturated carbocycles. The highest BCUT2D eigenvalue weighted by Gasteiger charge is 2.46. The smallest absolute Gasteiger partial charge is 0.0964 e. The molecule has 1 spiro atoms. The minimum atomic E-state index is 0.635. The first-order valence-corrected chi connectivity index (χ1v) is 12.3. The lowest BCUT2D eigenvalue weighted by molar-refractivity contribution is -0.0172. The predicted molar refractivity (Wildman–Crippen MR) is 122 cm³/mol. The summed E-state index contributed by atoms with van der Waals surface area (Å²) >= 11 is 0. The summed E-state index contributed by atoms with van der Waals surface area (Å²) in [6.07, 6.45) is 16.6. The predicted octanol–water partition coefficient (Wildman–Crippen LogP) is 4.43. The van der Waals surface area contributed by atoms with Gasteiger partial charge in [0, 0.05) is 25.4 Å². The molecule has 3 unspecified atom stereocenters. The molecule has 5 nitrogen and oxygen atoms in total. The Bertz CT molecular complexity index is 958. The minimum Gasteiger partial charge on any atom is -0.303 e. The van der Waals surface area contributed by atoms with Gasteiger partial charge in [0.25, 0.3) is 0 Å². The molecule has 2 aromatic heterocycles. The molecular weight excluding hydrogens is 382 g/mol. The minimum absolute atomic E-state index is 0.635. The fourth-order valence-corrected chi connectivity index (χ4v) is 7.12. The lowest BCUT2D eigenvalue weighted by atomic mass is 9.56. The van der Waals surface area contributed by atoms with Crippen molar-refractivity contribution in [1.82, 2.24) is 24.9 Å². The average Bonchev–Trinajstić information content (AvgIpc) is 3.44. The van der Waals surface area contributed by atoms with Crippen LogP contribution in [0.3, 0.4) is 0 Å². The summed E-state index contributed by atoms with van der Waals surface area (Å²) < 4.78 is 1.84. The molecule has 3 fully saturated rings. The fourth-order valence-electron chi connectivity index (χ4n) is 7.12. The third-order valence-electron chi connectivity index (χ3n) is 8.78. The maximum Gasteiger partial charge on any atom is 0.0964 e. The Kier molecular flexibility index (Phi) is 4.78. The van der Waals surface area contributed by atoms with Gasteiger partial charge in [-0.25, -0.2) is 0 Å². The molecule has 3 atom stereocenters. The van der Waals surface area contributed by atoms with Crippen molar-refractivity contribution in [3.8, 4) is 11.3 Å². The molecule has 0 N–H and O–H groups in total. The summed E-state index contributed by atoms with van der Waals surface area (Å²) in [7, 11) is 1.95. The first-order chi connectivity index (χ1) is 15.1. The van der Waals surface area contributed by atoms with Crippen LogP contribution in [0.1, 0.15) is 49.9 Å². The van der Waals surface area contributed by atoms with E-state index in [1.54, 1.807) is 0 Å². The maximum atomic E-state index is 4.55. The van der Waals surface area contributed by atoms with Crippen molar-refractivity contribution in [3.05, 3.63) is 41.9 Å². The number of hydrogen-bond acceptors (Lipinski definition) is 4. The van der Waals surface area contributed by atoms with Gasteiger partial charge in [-0.2, -0.15) is 15.3 Å². The number of hydrogen-bond donors (Lipinski definition) is 0. The second-order valence-electron chi connectivity index (χ2n) is 11.0. The van der Waals surface area contributed by atoms with Gasteiger partial charge in [0.15, 0.2) is 0 Å². The van der Waals surface area contributed by atoms with Crippen molar-refractivity contribution in [2.24, 2.45) is 36.1 Å². The Labute approximate surface area is 185 Å². The van der Waals surface area contributed by atoms with Gasteiger partial charge in [-0.1, -0.05) is 12.2 Å². The number of piperidine rings is 1. The first-order valence-electron chi connectivity index (χ1n) is 12.3. The summed E-state index contributed by atoms with van der Waals surface area (Å²) in [6, 6.07) is 4.29. The normalized spacial score (nSPS) is 29.7. The molecule has 4 aliphatic rings. The van der Waals surface area contributed by atoms with Crippen LogP contribution in [0.15, 0.2) is 30.5 Å². The van der Waals surface area contributed by atoms with Crippen LogP contribution in [-0.2, 0) is 13.5 Å². The number of rotatable bonds is 5. The zero-order valence-corrected chi connectivity index (χ0v) is 19.0. The van der Waals surface area contributed by atoms with Crippen LogP contribution in [0.2, 0.25) is 0 Å². The standard InChI is InChI=1S/C26H35N5/c1-18-24(17-30(2)29-18)25-6-5-23(27-28-25)13-20-14-26(15-20)7-9-31(10-8-26)16-22-12-19-3-4-21(22)11-19/h3-6,17,19-22H,7-16H2,1-2H3. The zero-order valence-electron chi connectivity index (χ0n) is 19.0. The van der Waals surface area contributed by atoms with Crippen molar-refractivity contribution in [2.45, 2.75) is 51.9 Å². The van der Waals surface area contributed by atoms with Crippen LogP contribution < -0.4 is 0 Å². The Morgan fingerprint density at radius 1 is 1.06 bits per heavy atom. The summed E-state index contributed by atoms with van der Waals surface area (Å²) in [6.45, 7) is 6.02. The zero-order chi connectivity index (χ0) is 21.0. The molecule has 3 heterocycles. The van der Waals surface area contributed by atoms with Gasteiger partial charge in [-0.15, -0.1) is 0 Å². The van der Waals surface area contributed by atoms with Crippen LogP contribution in [-0.4, -0.2) is 44.5 Å². The molecule has 2 aromatic rings. The molecule has 0 aromatic carbocycles. The lowest BCUT2D eigenvalue weighted by Crippen LogP contribution is -2.48. The summed E-state index contributed by atoms with van der Waals surface area (Å²) in [5.41, 5.74) is 4.80. The van der Waals surface area contributed by atoms with E-state index in [-0.39, 0.29) is 0 Å². The molecule has 1 aliphatic heterocycles. The molecule has 2 bridgehead atoms. The van der Waals surface area contributed by atoms with Crippen LogP contribution in [0.25, 0.3) is 11.3 Å². The van der Waals surface area contributed by atoms with Gasteiger partial charge in [0.1, 0.15) is 0 Å².